The number of anilines is 1. The zero-order chi connectivity index (χ0) is 21.7. The minimum atomic E-state index is -0.914. The number of amides is 2. The molecule has 3 rings (SSSR count). The third kappa shape index (κ3) is 5.18. The molecule has 2 amide bonds. The average Bonchev–Trinajstić information content (AvgIpc) is 2.71. The van der Waals surface area contributed by atoms with Crippen LogP contribution in [0.3, 0.4) is 0 Å². The lowest BCUT2D eigenvalue weighted by molar-refractivity contribution is 0.0913. The van der Waals surface area contributed by atoms with E-state index in [4.69, 9.17) is 0 Å². The maximum absolute atomic E-state index is 13.2. The number of phenols is 1. The van der Waals surface area contributed by atoms with E-state index in [0.29, 0.717) is 11.6 Å². The van der Waals surface area contributed by atoms with Gasteiger partial charge in [-0.05, 0) is 29.8 Å². The van der Waals surface area contributed by atoms with Crippen molar-refractivity contribution < 1.29 is 28.6 Å². The molecule has 0 heterocycles. The van der Waals surface area contributed by atoms with Gasteiger partial charge >= 0.3 is 0 Å². The number of aliphatic hydroxyl groups excluding tert-OH is 1. The van der Waals surface area contributed by atoms with Gasteiger partial charge in [-0.1, -0.05) is 30.3 Å². The largest absolute Gasteiger partial charge is 0.507 e. The molecule has 30 heavy (non-hydrogen) atoms. The standard InChI is InChI=1S/C22H18F2N2O4/c23-15-8-14(9-16(24)10-15)21(29)26-17-6-7-18(19(27)11-17)22(30)25-12-20(28)13-4-2-1-3-5-13/h1-11,20,27-28H,12H2,(H,25,30)(H,26,29). The Labute approximate surface area is 170 Å². The Kier molecular flexibility index (Phi) is 6.38. The Morgan fingerprint density at radius 1 is 0.900 bits per heavy atom. The quantitative estimate of drug-likeness (QED) is 0.499. The fourth-order valence-electron chi connectivity index (χ4n) is 2.77. The molecular weight excluding hydrogens is 394 g/mol. The molecule has 4 N–H and O–H groups in total. The van der Waals surface area contributed by atoms with Crippen LogP contribution in [0.5, 0.6) is 5.75 Å². The van der Waals surface area contributed by atoms with Gasteiger partial charge in [0, 0.05) is 29.9 Å². The number of carbonyl (C=O) groups is 2. The topological polar surface area (TPSA) is 98.7 Å². The van der Waals surface area contributed by atoms with Crippen LogP contribution in [-0.4, -0.2) is 28.6 Å². The van der Waals surface area contributed by atoms with Gasteiger partial charge < -0.3 is 20.8 Å². The lowest BCUT2D eigenvalue weighted by Gasteiger charge is -2.13. The van der Waals surface area contributed by atoms with Crippen LogP contribution in [0.4, 0.5) is 14.5 Å². The number of nitrogens with one attached hydrogen (secondary N) is 2. The molecule has 3 aromatic rings. The number of hydrogen-bond donors (Lipinski definition) is 4. The highest BCUT2D eigenvalue weighted by Gasteiger charge is 2.16. The first-order valence-electron chi connectivity index (χ1n) is 8.95. The third-order valence-electron chi connectivity index (χ3n) is 4.27. The number of phenolic OH excluding ortho intramolecular Hbond substituents is 1. The molecule has 0 aliphatic rings. The molecule has 1 atom stereocenters. The van der Waals surface area contributed by atoms with Gasteiger partial charge in [0.1, 0.15) is 17.4 Å². The second-order valence-corrected chi connectivity index (χ2v) is 6.48. The summed E-state index contributed by atoms with van der Waals surface area (Å²) < 4.78 is 26.5. The summed E-state index contributed by atoms with van der Waals surface area (Å²) in [6, 6.07) is 14.9. The van der Waals surface area contributed by atoms with Gasteiger partial charge in [0.2, 0.25) is 0 Å². The maximum Gasteiger partial charge on any atom is 0.255 e. The van der Waals surface area contributed by atoms with Crippen molar-refractivity contribution in [3.05, 3.63) is 95.1 Å². The zero-order valence-electron chi connectivity index (χ0n) is 15.6. The van der Waals surface area contributed by atoms with E-state index < -0.39 is 35.3 Å². The summed E-state index contributed by atoms with van der Waals surface area (Å²) in [6.07, 6.45) is -0.914. The highest BCUT2D eigenvalue weighted by molar-refractivity contribution is 6.05. The lowest BCUT2D eigenvalue weighted by atomic mass is 10.1. The van der Waals surface area contributed by atoms with Crippen LogP contribution in [0.2, 0.25) is 0 Å². The van der Waals surface area contributed by atoms with E-state index in [-0.39, 0.29) is 23.4 Å². The molecule has 0 aliphatic heterocycles. The zero-order valence-corrected chi connectivity index (χ0v) is 15.6. The Morgan fingerprint density at radius 2 is 1.57 bits per heavy atom. The number of aromatic hydroxyl groups is 1. The van der Waals surface area contributed by atoms with Crippen molar-refractivity contribution in [2.24, 2.45) is 0 Å². The molecule has 3 aromatic carbocycles. The first kappa shape index (κ1) is 20.9. The van der Waals surface area contributed by atoms with Gasteiger partial charge in [-0.3, -0.25) is 9.59 Å². The molecule has 0 bridgehead atoms. The van der Waals surface area contributed by atoms with Crippen LogP contribution in [0.25, 0.3) is 0 Å². The summed E-state index contributed by atoms with van der Waals surface area (Å²) in [7, 11) is 0. The number of benzene rings is 3. The van der Waals surface area contributed by atoms with E-state index in [9.17, 15) is 28.6 Å². The van der Waals surface area contributed by atoms with Crippen molar-refractivity contribution in [1.82, 2.24) is 5.32 Å². The molecule has 6 nitrogen and oxygen atoms in total. The second kappa shape index (κ2) is 9.15. The molecule has 0 aromatic heterocycles. The van der Waals surface area contributed by atoms with Crippen molar-refractivity contribution in [2.45, 2.75) is 6.10 Å². The minimum Gasteiger partial charge on any atom is -0.507 e. The third-order valence-corrected chi connectivity index (χ3v) is 4.27. The lowest BCUT2D eigenvalue weighted by Crippen LogP contribution is -2.28. The summed E-state index contributed by atoms with van der Waals surface area (Å²) in [6.45, 7) is -0.0636. The van der Waals surface area contributed by atoms with Gasteiger partial charge in [-0.15, -0.1) is 0 Å². The van der Waals surface area contributed by atoms with Crippen LogP contribution in [0.1, 0.15) is 32.4 Å². The monoisotopic (exact) mass is 412 g/mol. The fourth-order valence-corrected chi connectivity index (χ4v) is 2.77. The van der Waals surface area contributed by atoms with E-state index in [1.54, 1.807) is 30.3 Å². The Balaban J connectivity index is 1.64. The summed E-state index contributed by atoms with van der Waals surface area (Å²) in [5.41, 5.74) is 0.464. The maximum atomic E-state index is 13.2. The number of halogens is 2. The molecule has 0 saturated carbocycles. The predicted octanol–water partition coefficient (Wildman–Crippen LogP) is 3.39. The van der Waals surface area contributed by atoms with Gasteiger partial charge in [-0.2, -0.15) is 0 Å². The van der Waals surface area contributed by atoms with E-state index >= 15 is 0 Å². The molecule has 1 unspecified atom stereocenters. The van der Waals surface area contributed by atoms with Crippen molar-refractivity contribution in [3.63, 3.8) is 0 Å². The van der Waals surface area contributed by atoms with E-state index in [0.717, 1.165) is 18.2 Å². The van der Waals surface area contributed by atoms with Crippen molar-refractivity contribution in [1.29, 1.82) is 0 Å². The molecule has 0 aliphatic carbocycles. The summed E-state index contributed by atoms with van der Waals surface area (Å²) in [5.74, 6) is -3.60. The molecule has 154 valence electrons. The summed E-state index contributed by atoms with van der Waals surface area (Å²) >= 11 is 0. The van der Waals surface area contributed by atoms with Crippen molar-refractivity contribution in [3.8, 4) is 5.75 Å². The average molecular weight is 412 g/mol. The van der Waals surface area contributed by atoms with Crippen LogP contribution in [-0.2, 0) is 0 Å². The molecular formula is C22H18F2N2O4. The number of hydrogen-bond acceptors (Lipinski definition) is 4. The van der Waals surface area contributed by atoms with E-state index in [1.165, 1.54) is 12.1 Å². The summed E-state index contributed by atoms with van der Waals surface area (Å²) in [5, 5.41) is 25.1. The highest BCUT2D eigenvalue weighted by Crippen LogP contribution is 2.23. The Morgan fingerprint density at radius 3 is 2.20 bits per heavy atom. The second-order valence-electron chi connectivity index (χ2n) is 6.48. The van der Waals surface area contributed by atoms with Crippen molar-refractivity contribution >= 4 is 17.5 Å². The van der Waals surface area contributed by atoms with E-state index in [1.807, 2.05) is 0 Å². The Hall–Kier alpha value is -3.78. The van der Waals surface area contributed by atoms with Gasteiger partial charge in [0.15, 0.2) is 0 Å². The smallest absolute Gasteiger partial charge is 0.255 e. The highest BCUT2D eigenvalue weighted by atomic mass is 19.1. The minimum absolute atomic E-state index is 0.0636. The van der Waals surface area contributed by atoms with Gasteiger partial charge in [-0.25, -0.2) is 8.78 Å². The van der Waals surface area contributed by atoms with Crippen LogP contribution in [0.15, 0.2) is 66.7 Å². The number of aliphatic hydroxyl groups is 1. The SMILES string of the molecule is O=C(Nc1ccc(C(=O)NCC(O)c2ccccc2)c(O)c1)c1cc(F)cc(F)c1. The van der Waals surface area contributed by atoms with Gasteiger partial charge in [0.25, 0.3) is 11.8 Å². The number of carbonyl (C=O) groups excluding carboxylic acids is 2. The first-order chi connectivity index (χ1) is 14.3. The van der Waals surface area contributed by atoms with Crippen LogP contribution < -0.4 is 10.6 Å². The molecule has 0 saturated heterocycles. The molecule has 0 radical (unpaired) electrons. The van der Waals surface area contributed by atoms with Crippen LogP contribution >= 0.6 is 0 Å². The van der Waals surface area contributed by atoms with E-state index in [2.05, 4.69) is 10.6 Å². The molecule has 0 fully saturated rings. The normalized spacial score (nSPS) is 11.6. The van der Waals surface area contributed by atoms with Gasteiger partial charge in [0.05, 0.1) is 11.7 Å². The summed E-state index contributed by atoms with van der Waals surface area (Å²) in [4.78, 5) is 24.4. The van der Waals surface area contributed by atoms with Crippen LogP contribution in [0, 0.1) is 11.6 Å². The fraction of sp³-hybridized carbons (Fsp3) is 0.0909. The van der Waals surface area contributed by atoms with Crippen molar-refractivity contribution in [2.75, 3.05) is 11.9 Å². The number of rotatable bonds is 6. The predicted molar refractivity (Wildman–Crippen MR) is 106 cm³/mol. The first-order valence-corrected chi connectivity index (χ1v) is 8.95. The Bertz CT molecular complexity index is 1050. The molecule has 0 spiro atoms. The molecule has 8 heteroatoms.